The number of carboxylic acids is 1. The average molecular weight is 311 g/mol. The van der Waals surface area contributed by atoms with E-state index in [4.69, 9.17) is 5.11 Å². The van der Waals surface area contributed by atoms with E-state index in [0.717, 1.165) is 12.8 Å². The summed E-state index contributed by atoms with van der Waals surface area (Å²) in [6.45, 7) is 2.27. The molecule has 20 heavy (non-hydrogen) atoms. The molecule has 3 heteroatoms. The standard InChI is InChI=1S/C17H34O2.K.H/c1-2-3-4-5-6-7-8-9-10-11-12-13-14-15-16-17(18)19;;/h2-16H2,1H3,(H,18,19);;/q;+1;-1. The van der Waals surface area contributed by atoms with Gasteiger partial charge in [0.1, 0.15) is 0 Å². The zero-order valence-corrected chi connectivity index (χ0v) is 17.1. The Morgan fingerprint density at radius 1 is 0.700 bits per heavy atom. The van der Waals surface area contributed by atoms with Gasteiger partial charge in [-0.15, -0.1) is 0 Å². The van der Waals surface area contributed by atoms with Crippen LogP contribution < -0.4 is 51.4 Å². The molecule has 0 unspecified atom stereocenters. The molecule has 0 amide bonds. The molecule has 1 N–H and O–H groups in total. The van der Waals surface area contributed by atoms with Crippen LogP contribution in [0.3, 0.4) is 0 Å². The van der Waals surface area contributed by atoms with Gasteiger partial charge in [0.25, 0.3) is 0 Å². The van der Waals surface area contributed by atoms with Crippen molar-refractivity contribution in [3.8, 4) is 0 Å². The summed E-state index contributed by atoms with van der Waals surface area (Å²) in [4.78, 5) is 10.3. The number of unbranched alkanes of at least 4 members (excludes halogenated alkanes) is 13. The van der Waals surface area contributed by atoms with E-state index in [2.05, 4.69) is 6.92 Å². The maximum atomic E-state index is 10.3. The van der Waals surface area contributed by atoms with Crippen molar-refractivity contribution in [1.29, 1.82) is 0 Å². The van der Waals surface area contributed by atoms with Crippen molar-refractivity contribution in [3.05, 3.63) is 0 Å². The molecule has 0 saturated carbocycles. The second-order valence-corrected chi connectivity index (χ2v) is 5.74. The number of carboxylic acid groups (broad SMARTS) is 1. The SMILES string of the molecule is CCCCCCCCCCCCCCCCC(=O)O.[H-].[K+]. The fourth-order valence-corrected chi connectivity index (χ4v) is 2.47. The van der Waals surface area contributed by atoms with Crippen molar-refractivity contribution in [2.24, 2.45) is 0 Å². The molecule has 0 aromatic carbocycles. The van der Waals surface area contributed by atoms with E-state index >= 15 is 0 Å². The zero-order chi connectivity index (χ0) is 14.2. The first-order valence-electron chi connectivity index (χ1n) is 8.49. The van der Waals surface area contributed by atoms with Gasteiger partial charge in [0.05, 0.1) is 0 Å². The van der Waals surface area contributed by atoms with Crippen molar-refractivity contribution >= 4 is 5.97 Å². The minimum Gasteiger partial charge on any atom is -1.00 e. The van der Waals surface area contributed by atoms with E-state index in [-0.39, 0.29) is 52.8 Å². The maximum Gasteiger partial charge on any atom is 1.00 e. The number of carbonyl (C=O) groups is 1. The third kappa shape index (κ3) is 21.4. The molecule has 0 aromatic heterocycles. The molecule has 0 aromatic rings. The van der Waals surface area contributed by atoms with E-state index in [1.807, 2.05) is 0 Å². The molecule has 2 nitrogen and oxygen atoms in total. The van der Waals surface area contributed by atoms with Crippen LogP contribution in [0.15, 0.2) is 0 Å². The summed E-state index contributed by atoms with van der Waals surface area (Å²) in [6.07, 6.45) is 18.7. The van der Waals surface area contributed by atoms with Gasteiger partial charge in [0, 0.05) is 6.42 Å². The van der Waals surface area contributed by atoms with Crippen LogP contribution in [0, 0.1) is 0 Å². The van der Waals surface area contributed by atoms with Gasteiger partial charge in [-0.2, -0.15) is 0 Å². The van der Waals surface area contributed by atoms with Crippen LogP contribution in [0.5, 0.6) is 0 Å². The molecule has 0 saturated heterocycles. The van der Waals surface area contributed by atoms with Crippen molar-refractivity contribution in [2.75, 3.05) is 0 Å². The van der Waals surface area contributed by atoms with Crippen molar-refractivity contribution < 1.29 is 62.7 Å². The molecular formula is C17H35KO2. The van der Waals surface area contributed by atoms with Gasteiger partial charge in [-0.05, 0) is 6.42 Å². The molecule has 0 rings (SSSR count). The minimum absolute atomic E-state index is 0. The van der Waals surface area contributed by atoms with Crippen LogP contribution in [0.1, 0.15) is 105 Å². The minimum atomic E-state index is -0.654. The van der Waals surface area contributed by atoms with E-state index in [1.54, 1.807) is 0 Å². The van der Waals surface area contributed by atoms with Crippen molar-refractivity contribution in [2.45, 2.75) is 103 Å². The molecule has 0 fully saturated rings. The third-order valence-electron chi connectivity index (χ3n) is 3.74. The molecular weight excluding hydrogens is 275 g/mol. The van der Waals surface area contributed by atoms with E-state index in [9.17, 15) is 4.79 Å². The summed E-state index contributed by atoms with van der Waals surface area (Å²) in [5.74, 6) is -0.654. The van der Waals surface area contributed by atoms with Gasteiger partial charge in [0.15, 0.2) is 0 Å². The van der Waals surface area contributed by atoms with Gasteiger partial charge in [-0.25, -0.2) is 0 Å². The van der Waals surface area contributed by atoms with Crippen LogP contribution in [0.2, 0.25) is 0 Å². The Labute approximate surface area is 170 Å². The summed E-state index contributed by atoms with van der Waals surface area (Å²) in [6, 6.07) is 0. The first-order valence-corrected chi connectivity index (χ1v) is 8.49. The second kappa shape index (κ2) is 20.1. The number of hydrogen-bond donors (Lipinski definition) is 1. The van der Waals surface area contributed by atoms with Gasteiger partial charge < -0.3 is 6.53 Å². The Bertz CT molecular complexity index is 201. The van der Waals surface area contributed by atoms with Gasteiger partial charge in [-0.1, -0.05) is 90.4 Å². The normalized spacial score (nSPS) is 10.2. The van der Waals surface area contributed by atoms with Crippen LogP contribution >= 0.6 is 0 Å². The Morgan fingerprint density at radius 3 is 1.30 bits per heavy atom. The monoisotopic (exact) mass is 310 g/mol. The van der Waals surface area contributed by atoms with E-state index < -0.39 is 5.97 Å². The molecule has 0 aliphatic carbocycles. The predicted octanol–water partition coefficient (Wildman–Crippen LogP) is 3.06. The molecule has 0 aliphatic heterocycles. The number of aliphatic carboxylic acids is 1. The van der Waals surface area contributed by atoms with Crippen LogP contribution in [-0.4, -0.2) is 11.1 Å². The van der Waals surface area contributed by atoms with E-state index in [1.165, 1.54) is 77.0 Å². The second-order valence-electron chi connectivity index (χ2n) is 5.74. The van der Waals surface area contributed by atoms with Crippen LogP contribution in [0.25, 0.3) is 0 Å². The third-order valence-corrected chi connectivity index (χ3v) is 3.74. The summed E-state index contributed by atoms with van der Waals surface area (Å²) in [5, 5.41) is 8.50. The van der Waals surface area contributed by atoms with Gasteiger partial charge in [-0.3, -0.25) is 4.79 Å². The van der Waals surface area contributed by atoms with Gasteiger partial charge >= 0.3 is 57.4 Å². The molecule has 116 valence electrons. The maximum absolute atomic E-state index is 10.3. The molecule has 0 bridgehead atoms. The zero-order valence-electron chi connectivity index (χ0n) is 15.0. The van der Waals surface area contributed by atoms with Gasteiger partial charge in [0.2, 0.25) is 0 Å². The first-order chi connectivity index (χ1) is 9.27. The van der Waals surface area contributed by atoms with Crippen LogP contribution in [-0.2, 0) is 4.79 Å². The molecule has 0 heterocycles. The molecule has 0 atom stereocenters. The summed E-state index contributed by atoms with van der Waals surface area (Å²) < 4.78 is 0. The fraction of sp³-hybridized carbons (Fsp3) is 0.941. The average Bonchev–Trinajstić information content (AvgIpc) is 2.39. The molecule has 0 radical (unpaired) electrons. The van der Waals surface area contributed by atoms with Crippen molar-refractivity contribution in [3.63, 3.8) is 0 Å². The number of rotatable bonds is 15. The van der Waals surface area contributed by atoms with E-state index in [0.29, 0.717) is 6.42 Å². The summed E-state index contributed by atoms with van der Waals surface area (Å²) in [5.41, 5.74) is 0. The fourth-order valence-electron chi connectivity index (χ4n) is 2.47. The largest absolute Gasteiger partial charge is 1.00 e. The molecule has 0 aliphatic rings. The molecule has 0 spiro atoms. The smallest absolute Gasteiger partial charge is 1.00 e. The Kier molecular flexibility index (Phi) is 23.5. The Morgan fingerprint density at radius 2 is 1.00 bits per heavy atom. The quantitative estimate of drug-likeness (QED) is 0.373. The Hall–Kier alpha value is 1.11. The first kappa shape index (κ1) is 23.4. The number of hydrogen-bond acceptors (Lipinski definition) is 1. The van der Waals surface area contributed by atoms with Crippen LogP contribution in [0.4, 0.5) is 0 Å². The summed E-state index contributed by atoms with van der Waals surface area (Å²) >= 11 is 0. The predicted molar refractivity (Wildman–Crippen MR) is 83.7 cm³/mol. The van der Waals surface area contributed by atoms with Crippen molar-refractivity contribution in [1.82, 2.24) is 0 Å². The topological polar surface area (TPSA) is 37.3 Å². The Balaban J connectivity index is -0.00000162. The summed E-state index contributed by atoms with van der Waals surface area (Å²) in [7, 11) is 0.